The summed E-state index contributed by atoms with van der Waals surface area (Å²) in [6.45, 7) is 4.88. The number of carbonyl (C=O) groups is 1. The molecule has 0 bridgehead atoms. The molecule has 1 aliphatic rings. The highest BCUT2D eigenvalue weighted by Crippen LogP contribution is 2.30. The van der Waals surface area contributed by atoms with E-state index in [-0.39, 0.29) is 23.3 Å². The number of aryl methyl sites for hydroxylation is 1. The molecule has 1 aromatic rings. The number of rotatable bonds is 5. The van der Waals surface area contributed by atoms with Crippen LogP contribution in [0, 0.1) is 12.8 Å². The van der Waals surface area contributed by atoms with Crippen molar-refractivity contribution in [2.75, 3.05) is 26.7 Å². The fourth-order valence-corrected chi connectivity index (χ4v) is 4.58. The summed E-state index contributed by atoms with van der Waals surface area (Å²) in [6.07, 6.45) is 1.39. The maximum atomic E-state index is 13.0. The number of nitrogens with one attached hydrogen (secondary N) is 1. The lowest BCUT2D eigenvalue weighted by molar-refractivity contribution is -0.125. The van der Waals surface area contributed by atoms with Gasteiger partial charge in [0.05, 0.1) is 13.0 Å². The number of carbonyl (C=O) groups excluding carboxylic acids is 1. The van der Waals surface area contributed by atoms with Gasteiger partial charge in [-0.15, -0.1) is 0 Å². The molecule has 1 heterocycles. The van der Waals surface area contributed by atoms with E-state index in [0.29, 0.717) is 31.7 Å². The summed E-state index contributed by atoms with van der Waals surface area (Å²) >= 11 is 0. The Labute approximate surface area is 137 Å². The molecule has 7 heteroatoms. The Morgan fingerprint density at radius 3 is 2.83 bits per heavy atom. The quantitative estimate of drug-likeness (QED) is 0.882. The predicted octanol–water partition coefficient (Wildman–Crippen LogP) is 1.54. The maximum absolute atomic E-state index is 13.0. The van der Waals surface area contributed by atoms with Gasteiger partial charge in [0.25, 0.3) is 0 Å². The van der Waals surface area contributed by atoms with Crippen LogP contribution in [0.1, 0.15) is 25.3 Å². The summed E-state index contributed by atoms with van der Waals surface area (Å²) in [5.74, 6) is -0.0476. The molecule has 1 atom stereocenters. The standard InChI is InChI=1S/C16H24N2O4S/c1-4-17-16(19)13-6-5-9-18(11-13)23(20,21)15-10-12(2)7-8-14(15)22-3/h7-8,10,13H,4-6,9,11H2,1-3H3,(H,17,19)/t13-/m1/s1. The third kappa shape index (κ3) is 3.84. The van der Waals surface area contributed by atoms with Crippen molar-refractivity contribution in [1.29, 1.82) is 0 Å². The fraction of sp³-hybridized carbons (Fsp3) is 0.562. The zero-order valence-electron chi connectivity index (χ0n) is 13.8. The molecule has 0 aromatic heterocycles. The first kappa shape index (κ1) is 17.7. The van der Waals surface area contributed by atoms with E-state index < -0.39 is 10.0 Å². The van der Waals surface area contributed by atoms with Crippen molar-refractivity contribution in [2.24, 2.45) is 5.92 Å². The van der Waals surface area contributed by atoms with Gasteiger partial charge in [-0.2, -0.15) is 4.31 Å². The topological polar surface area (TPSA) is 75.7 Å². The maximum Gasteiger partial charge on any atom is 0.246 e. The minimum absolute atomic E-state index is 0.0800. The molecule has 1 aromatic carbocycles. The van der Waals surface area contributed by atoms with Crippen LogP contribution in [-0.4, -0.2) is 45.4 Å². The van der Waals surface area contributed by atoms with Crippen LogP contribution in [-0.2, 0) is 14.8 Å². The molecular formula is C16H24N2O4S. The van der Waals surface area contributed by atoms with E-state index in [1.807, 2.05) is 19.9 Å². The molecule has 1 saturated heterocycles. The first-order chi connectivity index (χ1) is 10.9. The van der Waals surface area contributed by atoms with Crippen molar-refractivity contribution >= 4 is 15.9 Å². The molecule has 1 amide bonds. The molecule has 0 spiro atoms. The number of amides is 1. The van der Waals surface area contributed by atoms with Crippen LogP contribution in [0.15, 0.2) is 23.1 Å². The summed E-state index contributed by atoms with van der Waals surface area (Å²) in [4.78, 5) is 12.2. The number of sulfonamides is 1. The smallest absolute Gasteiger partial charge is 0.246 e. The molecule has 1 aliphatic heterocycles. The minimum atomic E-state index is -3.68. The normalized spacial score (nSPS) is 19.3. The van der Waals surface area contributed by atoms with Gasteiger partial charge in [-0.05, 0) is 44.4 Å². The molecular weight excluding hydrogens is 316 g/mol. The lowest BCUT2D eigenvalue weighted by Crippen LogP contribution is -2.45. The Morgan fingerprint density at radius 1 is 1.43 bits per heavy atom. The van der Waals surface area contributed by atoms with Gasteiger partial charge in [-0.3, -0.25) is 4.79 Å². The lowest BCUT2D eigenvalue weighted by atomic mass is 9.99. The van der Waals surface area contributed by atoms with Crippen LogP contribution in [0.5, 0.6) is 5.75 Å². The van der Waals surface area contributed by atoms with E-state index in [9.17, 15) is 13.2 Å². The zero-order valence-corrected chi connectivity index (χ0v) is 14.6. The van der Waals surface area contributed by atoms with E-state index in [1.54, 1.807) is 12.1 Å². The molecule has 6 nitrogen and oxygen atoms in total. The number of piperidine rings is 1. The monoisotopic (exact) mass is 340 g/mol. The van der Waals surface area contributed by atoms with Crippen molar-refractivity contribution in [3.05, 3.63) is 23.8 Å². The number of hydrogen-bond donors (Lipinski definition) is 1. The number of methoxy groups -OCH3 is 1. The summed E-state index contributed by atoms with van der Waals surface area (Å²) in [6, 6.07) is 5.09. The summed E-state index contributed by atoms with van der Waals surface area (Å²) in [5, 5.41) is 2.77. The minimum Gasteiger partial charge on any atom is -0.495 e. The SMILES string of the molecule is CCNC(=O)[C@@H]1CCCN(S(=O)(=O)c2cc(C)ccc2OC)C1. The van der Waals surface area contributed by atoms with Gasteiger partial charge in [0.1, 0.15) is 10.6 Å². The van der Waals surface area contributed by atoms with Crippen LogP contribution < -0.4 is 10.1 Å². The molecule has 23 heavy (non-hydrogen) atoms. The molecule has 2 rings (SSSR count). The second kappa shape index (κ2) is 7.31. The number of benzene rings is 1. The van der Waals surface area contributed by atoms with Crippen molar-refractivity contribution in [3.8, 4) is 5.75 Å². The molecule has 0 unspecified atom stereocenters. The average molecular weight is 340 g/mol. The number of ether oxygens (including phenoxy) is 1. The van der Waals surface area contributed by atoms with Gasteiger partial charge in [-0.25, -0.2) is 8.42 Å². The second-order valence-electron chi connectivity index (χ2n) is 5.75. The zero-order chi connectivity index (χ0) is 17.0. The molecule has 0 saturated carbocycles. The fourth-order valence-electron chi connectivity index (χ4n) is 2.82. The van der Waals surface area contributed by atoms with Crippen molar-refractivity contribution in [2.45, 2.75) is 31.6 Å². The Hall–Kier alpha value is -1.60. The van der Waals surface area contributed by atoms with Gasteiger partial charge in [0, 0.05) is 19.6 Å². The van der Waals surface area contributed by atoms with Gasteiger partial charge < -0.3 is 10.1 Å². The molecule has 128 valence electrons. The van der Waals surface area contributed by atoms with E-state index in [0.717, 1.165) is 5.56 Å². The van der Waals surface area contributed by atoms with Crippen molar-refractivity contribution < 1.29 is 17.9 Å². The van der Waals surface area contributed by atoms with Crippen LogP contribution in [0.3, 0.4) is 0 Å². The van der Waals surface area contributed by atoms with E-state index in [4.69, 9.17) is 4.74 Å². The van der Waals surface area contributed by atoms with Crippen LogP contribution in [0.2, 0.25) is 0 Å². The van der Waals surface area contributed by atoms with E-state index in [1.165, 1.54) is 11.4 Å². The molecule has 1 N–H and O–H groups in total. The van der Waals surface area contributed by atoms with E-state index >= 15 is 0 Å². The highest BCUT2D eigenvalue weighted by Gasteiger charge is 2.34. The first-order valence-electron chi connectivity index (χ1n) is 7.82. The molecule has 1 fully saturated rings. The lowest BCUT2D eigenvalue weighted by Gasteiger charge is -2.31. The molecule has 0 aliphatic carbocycles. The highest BCUT2D eigenvalue weighted by molar-refractivity contribution is 7.89. The van der Waals surface area contributed by atoms with Gasteiger partial charge in [0.2, 0.25) is 15.9 Å². The predicted molar refractivity (Wildman–Crippen MR) is 87.9 cm³/mol. The third-order valence-corrected chi connectivity index (χ3v) is 5.93. The Balaban J connectivity index is 2.29. The van der Waals surface area contributed by atoms with Crippen molar-refractivity contribution in [3.63, 3.8) is 0 Å². The van der Waals surface area contributed by atoms with E-state index in [2.05, 4.69) is 5.32 Å². The van der Waals surface area contributed by atoms with Crippen LogP contribution in [0.4, 0.5) is 0 Å². The van der Waals surface area contributed by atoms with Gasteiger partial charge in [-0.1, -0.05) is 6.07 Å². The van der Waals surface area contributed by atoms with Crippen LogP contribution in [0.25, 0.3) is 0 Å². The Bertz CT molecular complexity index is 673. The average Bonchev–Trinajstić information content (AvgIpc) is 2.55. The third-order valence-electron chi connectivity index (χ3n) is 4.04. The number of nitrogens with zero attached hydrogens (tertiary/aromatic N) is 1. The second-order valence-corrected chi connectivity index (χ2v) is 7.66. The summed E-state index contributed by atoms with van der Waals surface area (Å²) in [7, 11) is -2.22. The molecule has 0 radical (unpaired) electrons. The van der Waals surface area contributed by atoms with Crippen molar-refractivity contribution in [1.82, 2.24) is 9.62 Å². The largest absolute Gasteiger partial charge is 0.495 e. The highest BCUT2D eigenvalue weighted by atomic mass is 32.2. The van der Waals surface area contributed by atoms with Gasteiger partial charge >= 0.3 is 0 Å². The summed E-state index contributed by atoms with van der Waals surface area (Å²) < 4.78 is 32.5. The summed E-state index contributed by atoms with van der Waals surface area (Å²) in [5.41, 5.74) is 0.849. The van der Waals surface area contributed by atoms with Gasteiger partial charge in [0.15, 0.2) is 0 Å². The Kier molecular flexibility index (Phi) is 5.64. The first-order valence-corrected chi connectivity index (χ1v) is 9.26. The Morgan fingerprint density at radius 2 is 2.17 bits per heavy atom. The van der Waals surface area contributed by atoms with Crippen LogP contribution >= 0.6 is 0 Å². The number of hydrogen-bond acceptors (Lipinski definition) is 4.